The average Bonchev–Trinajstić information content (AvgIpc) is 3.01. The Hall–Kier alpha value is -2.34. The summed E-state index contributed by atoms with van der Waals surface area (Å²) in [6, 6.07) is 9.36. The van der Waals surface area contributed by atoms with Crippen LogP contribution in [-0.2, 0) is 14.3 Å². The third-order valence-electron chi connectivity index (χ3n) is 5.08. The van der Waals surface area contributed by atoms with Gasteiger partial charge < -0.3 is 14.4 Å². The minimum absolute atomic E-state index is 0.0770. The van der Waals surface area contributed by atoms with Crippen LogP contribution in [0.3, 0.4) is 0 Å². The van der Waals surface area contributed by atoms with E-state index in [-0.39, 0.29) is 18.6 Å². The molecule has 3 saturated heterocycles. The molecule has 0 aliphatic carbocycles. The van der Waals surface area contributed by atoms with Crippen molar-refractivity contribution in [2.24, 2.45) is 0 Å². The van der Waals surface area contributed by atoms with E-state index in [4.69, 9.17) is 9.47 Å². The van der Waals surface area contributed by atoms with E-state index in [1.807, 2.05) is 30.3 Å². The van der Waals surface area contributed by atoms with Crippen LogP contribution in [0.2, 0.25) is 0 Å². The zero-order valence-electron chi connectivity index (χ0n) is 13.4. The highest BCUT2D eigenvalue weighted by Gasteiger charge is 2.68. The molecule has 3 fully saturated rings. The van der Waals surface area contributed by atoms with Crippen LogP contribution in [0.4, 0.5) is 4.79 Å². The maximum atomic E-state index is 13.0. The number of hydrogen-bond donors (Lipinski definition) is 0. The summed E-state index contributed by atoms with van der Waals surface area (Å²) >= 11 is 0. The summed E-state index contributed by atoms with van der Waals surface area (Å²) in [5, 5.41) is 0. The molecule has 2 amide bonds. The normalized spacial score (nSPS) is 32.2. The number of β-lactam (4-membered cyclic amide) rings is 1. The molecule has 1 aromatic carbocycles. The summed E-state index contributed by atoms with van der Waals surface area (Å²) < 4.78 is 11.2. The highest BCUT2D eigenvalue weighted by atomic mass is 16.6. The van der Waals surface area contributed by atoms with Crippen LogP contribution < -0.4 is 0 Å². The van der Waals surface area contributed by atoms with Crippen LogP contribution in [0.15, 0.2) is 43.0 Å². The first kappa shape index (κ1) is 15.2. The van der Waals surface area contributed by atoms with Gasteiger partial charge in [-0.05, 0) is 12.0 Å². The minimum atomic E-state index is -1.05. The van der Waals surface area contributed by atoms with E-state index in [2.05, 4.69) is 6.58 Å². The molecule has 3 atom stereocenters. The van der Waals surface area contributed by atoms with Crippen molar-refractivity contribution < 1.29 is 19.1 Å². The van der Waals surface area contributed by atoms with Crippen LogP contribution in [0, 0.1) is 0 Å². The maximum absolute atomic E-state index is 13.0. The van der Waals surface area contributed by atoms with Gasteiger partial charge in [0.2, 0.25) is 0 Å². The molecule has 3 aliphatic rings. The number of amides is 2. The van der Waals surface area contributed by atoms with Gasteiger partial charge in [-0.25, -0.2) is 4.79 Å². The van der Waals surface area contributed by atoms with Crippen molar-refractivity contribution in [3.63, 3.8) is 0 Å². The van der Waals surface area contributed by atoms with E-state index in [0.29, 0.717) is 19.6 Å². The zero-order valence-corrected chi connectivity index (χ0v) is 13.4. The lowest BCUT2D eigenvalue weighted by Crippen LogP contribution is -2.82. The van der Waals surface area contributed by atoms with Crippen LogP contribution >= 0.6 is 0 Å². The summed E-state index contributed by atoms with van der Waals surface area (Å²) in [7, 11) is 0. The first-order valence-electron chi connectivity index (χ1n) is 8.25. The van der Waals surface area contributed by atoms with Gasteiger partial charge in [0.05, 0.1) is 12.6 Å². The lowest BCUT2D eigenvalue weighted by atomic mass is 9.78. The van der Waals surface area contributed by atoms with E-state index >= 15 is 0 Å². The second-order valence-corrected chi connectivity index (χ2v) is 6.37. The smallest absolute Gasteiger partial charge is 0.411 e. The van der Waals surface area contributed by atoms with Gasteiger partial charge in [0.25, 0.3) is 5.91 Å². The topological polar surface area (TPSA) is 59.1 Å². The van der Waals surface area contributed by atoms with E-state index in [9.17, 15) is 9.59 Å². The van der Waals surface area contributed by atoms with Crippen LogP contribution in [0.5, 0.6) is 0 Å². The molecule has 3 aliphatic heterocycles. The Labute approximate surface area is 140 Å². The molecule has 24 heavy (non-hydrogen) atoms. The Morgan fingerprint density at radius 1 is 1.29 bits per heavy atom. The minimum Gasteiger partial charge on any atom is -0.447 e. The van der Waals surface area contributed by atoms with Gasteiger partial charge in [-0.3, -0.25) is 9.69 Å². The van der Waals surface area contributed by atoms with E-state index in [0.717, 1.165) is 12.0 Å². The fourth-order valence-corrected chi connectivity index (χ4v) is 4.04. The summed E-state index contributed by atoms with van der Waals surface area (Å²) in [5.74, 6) is -0.0770. The first-order chi connectivity index (χ1) is 11.7. The number of fused-ring (bicyclic) bond motifs is 1. The molecule has 1 aromatic rings. The third-order valence-corrected chi connectivity index (χ3v) is 5.08. The van der Waals surface area contributed by atoms with Gasteiger partial charge in [0.15, 0.2) is 11.8 Å². The maximum Gasteiger partial charge on any atom is 0.411 e. The Kier molecular flexibility index (Phi) is 3.57. The third kappa shape index (κ3) is 1.92. The number of nitrogens with zero attached hydrogens (tertiary/aromatic N) is 2. The van der Waals surface area contributed by atoms with Gasteiger partial charge in [-0.2, -0.15) is 0 Å². The summed E-state index contributed by atoms with van der Waals surface area (Å²) in [4.78, 5) is 28.8. The molecular weight excluding hydrogens is 308 g/mol. The number of ether oxygens (including phenoxy) is 2. The second-order valence-electron chi connectivity index (χ2n) is 6.37. The monoisotopic (exact) mass is 328 g/mol. The van der Waals surface area contributed by atoms with Crippen LogP contribution in [-0.4, -0.2) is 53.3 Å². The van der Waals surface area contributed by atoms with Crippen LogP contribution in [0.1, 0.15) is 24.4 Å². The lowest BCUT2D eigenvalue weighted by Gasteiger charge is -2.60. The molecular formula is C18H20N2O4. The number of benzene rings is 1. The molecule has 0 N–H and O–H groups in total. The van der Waals surface area contributed by atoms with Crippen molar-refractivity contribution in [2.75, 3.05) is 19.8 Å². The van der Waals surface area contributed by atoms with Crippen molar-refractivity contribution >= 4 is 12.0 Å². The molecule has 0 aromatic heterocycles. The van der Waals surface area contributed by atoms with E-state index in [1.165, 1.54) is 0 Å². The molecule has 0 radical (unpaired) electrons. The Balaban J connectivity index is 1.75. The van der Waals surface area contributed by atoms with Gasteiger partial charge in [-0.15, -0.1) is 6.58 Å². The fourth-order valence-electron chi connectivity index (χ4n) is 4.04. The average molecular weight is 328 g/mol. The molecule has 0 saturated carbocycles. The van der Waals surface area contributed by atoms with Crippen molar-refractivity contribution in [1.29, 1.82) is 0 Å². The second kappa shape index (κ2) is 5.63. The SMILES string of the molecule is C=CC[C@]1(N2C(=O)OC[C@H]2c2ccccc2)C(=O)N2CCCO[C@@H]21. The summed E-state index contributed by atoms with van der Waals surface area (Å²) in [6.45, 7) is 5.28. The predicted octanol–water partition coefficient (Wildman–Crippen LogP) is 2.08. The zero-order chi connectivity index (χ0) is 16.7. The molecule has 126 valence electrons. The van der Waals surface area contributed by atoms with Crippen molar-refractivity contribution in [3.8, 4) is 0 Å². The highest BCUT2D eigenvalue weighted by molar-refractivity contribution is 5.97. The first-order valence-corrected chi connectivity index (χ1v) is 8.25. The molecule has 6 heteroatoms. The van der Waals surface area contributed by atoms with E-state index < -0.39 is 17.9 Å². The summed E-state index contributed by atoms with van der Waals surface area (Å²) in [6.07, 6.45) is 1.96. The molecule has 0 bridgehead atoms. The summed E-state index contributed by atoms with van der Waals surface area (Å²) in [5.41, 5.74) is -0.0927. The van der Waals surface area contributed by atoms with Gasteiger partial charge in [0.1, 0.15) is 6.61 Å². The number of carbonyl (C=O) groups excluding carboxylic acids is 2. The molecule has 3 heterocycles. The number of carbonyl (C=O) groups is 2. The Morgan fingerprint density at radius 3 is 2.83 bits per heavy atom. The lowest BCUT2D eigenvalue weighted by molar-refractivity contribution is -0.236. The fraction of sp³-hybridized carbons (Fsp3) is 0.444. The largest absolute Gasteiger partial charge is 0.447 e. The molecule has 6 nitrogen and oxygen atoms in total. The highest BCUT2D eigenvalue weighted by Crippen LogP contribution is 2.47. The van der Waals surface area contributed by atoms with Crippen molar-refractivity contribution in [2.45, 2.75) is 30.7 Å². The van der Waals surface area contributed by atoms with Crippen molar-refractivity contribution in [3.05, 3.63) is 48.6 Å². The van der Waals surface area contributed by atoms with Crippen molar-refractivity contribution in [1.82, 2.24) is 9.80 Å². The molecule has 0 spiro atoms. The number of cyclic esters (lactones) is 1. The molecule has 4 rings (SSSR count). The predicted molar refractivity (Wildman–Crippen MR) is 86.0 cm³/mol. The molecule has 0 unspecified atom stereocenters. The van der Waals surface area contributed by atoms with Gasteiger partial charge in [0, 0.05) is 13.0 Å². The quantitative estimate of drug-likeness (QED) is 0.627. The Bertz CT molecular complexity index is 677. The van der Waals surface area contributed by atoms with E-state index in [1.54, 1.807) is 15.9 Å². The number of rotatable bonds is 4. The standard InChI is InChI=1S/C18H20N2O4/c1-2-9-18(15(21)19-10-6-11-23-16(18)19)20-14(12-24-17(20)22)13-7-4-3-5-8-13/h2-5,7-8,14,16H,1,6,9-12H2/t14-,16+,18-/m0/s1. The number of hydrogen-bond acceptors (Lipinski definition) is 4. The van der Waals surface area contributed by atoms with Crippen LogP contribution in [0.25, 0.3) is 0 Å². The van der Waals surface area contributed by atoms with Gasteiger partial charge >= 0.3 is 6.09 Å². The van der Waals surface area contributed by atoms with Gasteiger partial charge in [-0.1, -0.05) is 36.4 Å². The Morgan fingerprint density at radius 2 is 2.08 bits per heavy atom.